The van der Waals surface area contributed by atoms with E-state index in [1.807, 2.05) is 31.5 Å². The highest BCUT2D eigenvalue weighted by Gasteiger charge is 2.18. The van der Waals surface area contributed by atoms with Gasteiger partial charge in [-0.2, -0.15) is 5.10 Å². The molecule has 0 aliphatic rings. The van der Waals surface area contributed by atoms with Crippen LogP contribution in [-0.4, -0.2) is 37.7 Å². The number of oxazole rings is 1. The molecule has 0 saturated carbocycles. The van der Waals surface area contributed by atoms with Gasteiger partial charge in [-0.25, -0.2) is 19.5 Å². The lowest BCUT2D eigenvalue weighted by molar-refractivity contribution is 0.520. The minimum atomic E-state index is 0.602. The van der Waals surface area contributed by atoms with Gasteiger partial charge in [-0.15, -0.1) is 0 Å². The zero-order valence-electron chi connectivity index (χ0n) is 15.8. The molecule has 0 spiro atoms. The summed E-state index contributed by atoms with van der Waals surface area (Å²) < 4.78 is 7.16. The quantitative estimate of drug-likeness (QED) is 0.522. The second kappa shape index (κ2) is 7.19. The fourth-order valence-electron chi connectivity index (χ4n) is 3.26. The first-order valence-electron chi connectivity index (χ1n) is 9.14. The largest absolute Gasteiger partial charge is 0.449 e. The van der Waals surface area contributed by atoms with Gasteiger partial charge in [0.05, 0.1) is 5.69 Å². The number of rotatable bonds is 6. The van der Waals surface area contributed by atoms with Gasteiger partial charge < -0.3 is 9.32 Å². The normalized spacial score (nSPS) is 11.2. The molecule has 27 heavy (non-hydrogen) atoms. The first-order valence-corrected chi connectivity index (χ1v) is 9.14. The van der Waals surface area contributed by atoms with Crippen LogP contribution in [0.15, 0.2) is 47.5 Å². The Labute approximate surface area is 157 Å². The van der Waals surface area contributed by atoms with Crippen LogP contribution in [0.1, 0.15) is 31.0 Å². The average Bonchev–Trinajstić information content (AvgIpc) is 3.27. The van der Waals surface area contributed by atoms with Crippen molar-refractivity contribution in [2.45, 2.75) is 27.2 Å². The molecule has 7 heteroatoms. The Morgan fingerprint density at radius 1 is 1.15 bits per heavy atom. The van der Waals surface area contributed by atoms with Crippen molar-refractivity contribution in [1.29, 1.82) is 0 Å². The Kier molecular flexibility index (Phi) is 4.58. The second-order valence-electron chi connectivity index (χ2n) is 6.33. The third-order valence-corrected chi connectivity index (χ3v) is 4.62. The van der Waals surface area contributed by atoms with Gasteiger partial charge in [0.25, 0.3) is 0 Å². The molecule has 4 aromatic rings. The minimum Gasteiger partial charge on any atom is -0.449 e. The molecule has 0 unspecified atom stereocenters. The summed E-state index contributed by atoms with van der Waals surface area (Å²) in [5, 5.41) is 4.74. The van der Waals surface area contributed by atoms with Gasteiger partial charge in [0.1, 0.15) is 17.8 Å². The molecule has 138 valence electrons. The maximum atomic E-state index is 5.36. The molecule has 0 atom stereocenters. The summed E-state index contributed by atoms with van der Waals surface area (Å²) in [6, 6.07) is 5.99. The number of hydrogen-bond donors (Lipinski definition) is 0. The van der Waals surface area contributed by atoms with Gasteiger partial charge >= 0.3 is 0 Å². The van der Waals surface area contributed by atoms with Crippen LogP contribution < -0.4 is 4.90 Å². The van der Waals surface area contributed by atoms with Crippen molar-refractivity contribution in [2.75, 3.05) is 18.0 Å². The van der Waals surface area contributed by atoms with Gasteiger partial charge in [0.2, 0.25) is 0 Å². The number of pyridine rings is 1. The highest BCUT2D eigenvalue weighted by molar-refractivity contribution is 5.71. The van der Waals surface area contributed by atoms with Crippen molar-refractivity contribution < 1.29 is 4.42 Å². The van der Waals surface area contributed by atoms with E-state index < -0.39 is 0 Å². The van der Waals surface area contributed by atoms with E-state index in [-0.39, 0.29) is 0 Å². The van der Waals surface area contributed by atoms with Crippen molar-refractivity contribution in [3.8, 4) is 11.3 Å². The predicted octanol–water partition coefficient (Wildman–Crippen LogP) is 3.52. The maximum absolute atomic E-state index is 5.36. The molecule has 0 bridgehead atoms. The zero-order chi connectivity index (χ0) is 18.8. The summed E-state index contributed by atoms with van der Waals surface area (Å²) in [5.74, 6) is 1.63. The molecule has 0 aliphatic heterocycles. The average molecular weight is 362 g/mol. The first-order chi connectivity index (χ1) is 13.2. The summed E-state index contributed by atoms with van der Waals surface area (Å²) in [6.45, 7) is 7.96. The van der Waals surface area contributed by atoms with Crippen LogP contribution in [0.5, 0.6) is 0 Å². The van der Waals surface area contributed by atoms with Crippen molar-refractivity contribution in [3.05, 3.63) is 60.2 Å². The van der Waals surface area contributed by atoms with E-state index in [4.69, 9.17) is 9.52 Å². The second-order valence-corrected chi connectivity index (χ2v) is 6.33. The fourth-order valence-corrected chi connectivity index (χ4v) is 3.26. The fraction of sp³-hybridized carbons (Fsp3) is 0.300. The molecule has 0 amide bonds. The van der Waals surface area contributed by atoms with Gasteiger partial charge in [-0.05, 0) is 32.0 Å². The van der Waals surface area contributed by atoms with E-state index in [1.165, 1.54) is 0 Å². The molecule has 0 radical (unpaired) electrons. The molecule has 0 saturated heterocycles. The molecule has 0 aromatic carbocycles. The number of aryl methyl sites for hydroxylation is 1. The Morgan fingerprint density at radius 3 is 2.67 bits per heavy atom. The molecular formula is C20H22N6O. The summed E-state index contributed by atoms with van der Waals surface area (Å²) in [6.07, 6.45) is 7.85. The minimum absolute atomic E-state index is 0.602. The van der Waals surface area contributed by atoms with Crippen LogP contribution in [-0.2, 0) is 6.42 Å². The zero-order valence-corrected chi connectivity index (χ0v) is 15.8. The maximum Gasteiger partial charge on any atom is 0.191 e. The van der Waals surface area contributed by atoms with Crippen molar-refractivity contribution in [3.63, 3.8) is 0 Å². The predicted molar refractivity (Wildman–Crippen MR) is 104 cm³/mol. The molecule has 0 N–H and O–H groups in total. The topological polar surface area (TPSA) is 72.4 Å². The van der Waals surface area contributed by atoms with Gasteiger partial charge in [0, 0.05) is 56.2 Å². The Morgan fingerprint density at radius 2 is 2.00 bits per heavy atom. The summed E-state index contributed by atoms with van der Waals surface area (Å²) in [4.78, 5) is 15.8. The van der Waals surface area contributed by atoms with E-state index in [2.05, 4.69) is 39.8 Å². The van der Waals surface area contributed by atoms with Crippen LogP contribution in [0.4, 0.5) is 5.82 Å². The van der Waals surface area contributed by atoms with E-state index in [0.717, 1.165) is 47.1 Å². The Bertz CT molecular complexity index is 1050. The Balaban J connectivity index is 1.77. The number of hydrogen-bond acceptors (Lipinski definition) is 6. The van der Waals surface area contributed by atoms with E-state index in [1.54, 1.807) is 17.0 Å². The lowest BCUT2D eigenvalue weighted by Crippen LogP contribution is -2.22. The van der Waals surface area contributed by atoms with Crippen molar-refractivity contribution in [1.82, 2.24) is 24.6 Å². The molecule has 0 fully saturated rings. The van der Waals surface area contributed by atoms with E-state index in [0.29, 0.717) is 12.3 Å². The molecule has 4 heterocycles. The summed E-state index contributed by atoms with van der Waals surface area (Å²) >= 11 is 0. The van der Waals surface area contributed by atoms with Crippen molar-refractivity contribution in [2.24, 2.45) is 0 Å². The van der Waals surface area contributed by atoms with Crippen LogP contribution >= 0.6 is 0 Å². The molecule has 7 nitrogen and oxygen atoms in total. The number of fused-ring (bicyclic) bond motifs is 1. The summed E-state index contributed by atoms with van der Waals surface area (Å²) in [7, 11) is 0. The van der Waals surface area contributed by atoms with Gasteiger partial charge in [0.15, 0.2) is 11.5 Å². The van der Waals surface area contributed by atoms with E-state index >= 15 is 0 Å². The third-order valence-electron chi connectivity index (χ3n) is 4.62. The molecule has 4 rings (SSSR count). The van der Waals surface area contributed by atoms with Crippen LogP contribution in [0, 0.1) is 6.92 Å². The standard InChI is InChI=1S/C20H22N6O/c1-4-25(5-2)18-8-7-15(12-22-18)19-17(11-16-13-27-14(3)23-16)20-21-9-6-10-26(20)24-19/h6-10,12-13H,4-5,11H2,1-3H3. The van der Waals surface area contributed by atoms with Crippen molar-refractivity contribution >= 4 is 11.5 Å². The Hall–Kier alpha value is -3.22. The van der Waals surface area contributed by atoms with Crippen LogP contribution in [0.2, 0.25) is 0 Å². The lowest BCUT2D eigenvalue weighted by Gasteiger charge is -2.19. The van der Waals surface area contributed by atoms with Gasteiger partial charge in [-0.3, -0.25) is 0 Å². The van der Waals surface area contributed by atoms with E-state index in [9.17, 15) is 0 Å². The lowest BCUT2D eigenvalue weighted by atomic mass is 10.1. The SMILES string of the molecule is CCN(CC)c1ccc(-c2nn3cccnc3c2Cc2coc(C)n2)cn1. The summed E-state index contributed by atoms with van der Waals surface area (Å²) in [5.41, 5.74) is 4.53. The monoisotopic (exact) mass is 362 g/mol. The first kappa shape index (κ1) is 17.2. The number of anilines is 1. The smallest absolute Gasteiger partial charge is 0.191 e. The highest BCUT2D eigenvalue weighted by Crippen LogP contribution is 2.28. The molecule has 4 aromatic heterocycles. The highest BCUT2D eigenvalue weighted by atomic mass is 16.3. The van der Waals surface area contributed by atoms with Crippen LogP contribution in [0.3, 0.4) is 0 Å². The van der Waals surface area contributed by atoms with Crippen LogP contribution in [0.25, 0.3) is 16.9 Å². The number of aromatic nitrogens is 5. The molecular weight excluding hydrogens is 340 g/mol. The number of nitrogens with zero attached hydrogens (tertiary/aromatic N) is 6. The third kappa shape index (κ3) is 3.28. The molecule has 0 aliphatic carbocycles. The van der Waals surface area contributed by atoms with Gasteiger partial charge in [-0.1, -0.05) is 0 Å².